The molecule has 0 aliphatic carbocycles. The number of carbonyl (C=O) groups excluding carboxylic acids is 1. The van der Waals surface area contributed by atoms with Crippen molar-refractivity contribution in [2.45, 2.75) is 39.0 Å². The molecule has 0 unspecified atom stereocenters. The van der Waals surface area contributed by atoms with Crippen LogP contribution in [0.2, 0.25) is 0 Å². The van der Waals surface area contributed by atoms with Crippen LogP contribution in [0.5, 0.6) is 0 Å². The van der Waals surface area contributed by atoms with Gasteiger partial charge in [-0.2, -0.15) is 5.10 Å². The lowest BCUT2D eigenvalue weighted by Crippen LogP contribution is -2.56. The van der Waals surface area contributed by atoms with Crippen molar-refractivity contribution in [3.8, 4) is 0 Å². The van der Waals surface area contributed by atoms with Gasteiger partial charge in [0.05, 0.1) is 19.3 Å². The van der Waals surface area contributed by atoms with Gasteiger partial charge in [-0.15, -0.1) is 0 Å². The topological polar surface area (TPSA) is 97.1 Å². The number of ether oxygens (including phenoxy) is 1. The number of morpholine rings is 1. The van der Waals surface area contributed by atoms with Crippen molar-refractivity contribution >= 4 is 5.91 Å². The summed E-state index contributed by atoms with van der Waals surface area (Å²) in [5.74, 6) is 1.17. The molecule has 1 aromatic rings. The third-order valence-electron chi connectivity index (χ3n) is 3.14. The molecule has 3 N–H and O–H groups in total. The summed E-state index contributed by atoms with van der Waals surface area (Å²) in [6.07, 6.45) is 0.597. The summed E-state index contributed by atoms with van der Waals surface area (Å²) in [5.41, 5.74) is 5.43. The van der Waals surface area contributed by atoms with Crippen molar-refractivity contribution in [2.24, 2.45) is 5.73 Å². The normalized spacial score (nSPS) is 25.2. The van der Waals surface area contributed by atoms with Gasteiger partial charge >= 0.3 is 0 Å². The van der Waals surface area contributed by atoms with E-state index in [9.17, 15) is 4.79 Å². The SMILES string of the molecule is CCc1n[nH]c(CN2CCO[C@H](C)[C@H]2C(N)=O)n1. The maximum atomic E-state index is 11.5. The Kier molecular flexibility index (Phi) is 3.93. The molecular formula is C11H19N5O2. The lowest BCUT2D eigenvalue weighted by Gasteiger charge is -2.37. The van der Waals surface area contributed by atoms with Gasteiger partial charge in [-0.3, -0.25) is 14.8 Å². The first-order valence-corrected chi connectivity index (χ1v) is 6.17. The number of aromatic amines is 1. The molecule has 7 nitrogen and oxygen atoms in total. The summed E-state index contributed by atoms with van der Waals surface area (Å²) in [5, 5.41) is 6.96. The van der Waals surface area contributed by atoms with Gasteiger partial charge in [0, 0.05) is 13.0 Å². The summed E-state index contributed by atoms with van der Waals surface area (Å²) in [4.78, 5) is 17.8. The fraction of sp³-hybridized carbons (Fsp3) is 0.727. The van der Waals surface area contributed by atoms with Crippen molar-refractivity contribution in [2.75, 3.05) is 13.2 Å². The minimum absolute atomic E-state index is 0.190. The second-order valence-corrected chi connectivity index (χ2v) is 4.45. The van der Waals surface area contributed by atoms with Crippen LogP contribution in [0.1, 0.15) is 25.5 Å². The minimum Gasteiger partial charge on any atom is -0.375 e. The van der Waals surface area contributed by atoms with E-state index in [4.69, 9.17) is 10.5 Å². The highest BCUT2D eigenvalue weighted by Crippen LogP contribution is 2.15. The average Bonchev–Trinajstić information content (AvgIpc) is 2.76. The van der Waals surface area contributed by atoms with Gasteiger partial charge in [0.1, 0.15) is 17.7 Å². The minimum atomic E-state index is -0.408. The summed E-state index contributed by atoms with van der Waals surface area (Å²) in [6, 6.07) is -0.408. The Morgan fingerprint density at radius 1 is 1.67 bits per heavy atom. The summed E-state index contributed by atoms with van der Waals surface area (Å²) >= 11 is 0. The van der Waals surface area contributed by atoms with Gasteiger partial charge in [-0.1, -0.05) is 6.92 Å². The number of amides is 1. The van der Waals surface area contributed by atoms with Gasteiger partial charge in [0.15, 0.2) is 0 Å². The quantitative estimate of drug-likeness (QED) is 0.749. The molecule has 2 rings (SSSR count). The zero-order valence-corrected chi connectivity index (χ0v) is 10.7. The predicted molar refractivity (Wildman–Crippen MR) is 64.6 cm³/mol. The van der Waals surface area contributed by atoms with Crippen molar-refractivity contribution in [1.82, 2.24) is 20.1 Å². The van der Waals surface area contributed by atoms with E-state index in [-0.39, 0.29) is 12.0 Å². The van der Waals surface area contributed by atoms with Gasteiger partial charge in [-0.05, 0) is 6.92 Å². The zero-order valence-electron chi connectivity index (χ0n) is 10.7. The van der Waals surface area contributed by atoms with Crippen LogP contribution in [0, 0.1) is 0 Å². The number of H-pyrrole nitrogens is 1. The second-order valence-electron chi connectivity index (χ2n) is 4.45. The first kappa shape index (κ1) is 13.0. The largest absolute Gasteiger partial charge is 0.375 e. The van der Waals surface area contributed by atoms with E-state index in [0.29, 0.717) is 19.7 Å². The van der Waals surface area contributed by atoms with E-state index >= 15 is 0 Å². The molecule has 1 amide bonds. The van der Waals surface area contributed by atoms with Crippen molar-refractivity contribution < 1.29 is 9.53 Å². The Morgan fingerprint density at radius 2 is 2.44 bits per heavy atom. The highest BCUT2D eigenvalue weighted by molar-refractivity contribution is 5.80. The van der Waals surface area contributed by atoms with Crippen molar-refractivity contribution in [3.05, 3.63) is 11.6 Å². The second kappa shape index (κ2) is 5.45. The van der Waals surface area contributed by atoms with Crippen LogP contribution in [-0.4, -0.2) is 51.3 Å². The summed E-state index contributed by atoms with van der Waals surface area (Å²) in [6.45, 7) is 5.66. The molecule has 0 bridgehead atoms. The van der Waals surface area contributed by atoms with Gasteiger partial charge < -0.3 is 10.5 Å². The van der Waals surface area contributed by atoms with E-state index in [1.54, 1.807) is 0 Å². The van der Waals surface area contributed by atoms with Crippen LogP contribution in [0.4, 0.5) is 0 Å². The summed E-state index contributed by atoms with van der Waals surface area (Å²) in [7, 11) is 0. The fourth-order valence-electron chi connectivity index (χ4n) is 2.23. The molecule has 1 fully saturated rings. The Labute approximate surface area is 106 Å². The van der Waals surface area contributed by atoms with E-state index in [1.807, 2.05) is 18.7 Å². The number of aromatic nitrogens is 3. The van der Waals surface area contributed by atoms with Gasteiger partial charge in [-0.25, -0.2) is 4.98 Å². The van der Waals surface area contributed by atoms with Crippen LogP contribution in [0.3, 0.4) is 0 Å². The molecule has 0 aromatic carbocycles. The fourth-order valence-corrected chi connectivity index (χ4v) is 2.23. The monoisotopic (exact) mass is 253 g/mol. The number of aryl methyl sites for hydroxylation is 1. The summed E-state index contributed by atoms with van der Waals surface area (Å²) < 4.78 is 5.46. The number of hydrogen-bond acceptors (Lipinski definition) is 5. The molecule has 7 heteroatoms. The highest BCUT2D eigenvalue weighted by Gasteiger charge is 2.34. The van der Waals surface area contributed by atoms with Crippen LogP contribution in [0.25, 0.3) is 0 Å². The van der Waals surface area contributed by atoms with Crippen LogP contribution in [-0.2, 0) is 22.5 Å². The smallest absolute Gasteiger partial charge is 0.237 e. The van der Waals surface area contributed by atoms with Crippen molar-refractivity contribution in [3.63, 3.8) is 0 Å². The molecule has 0 saturated carbocycles. The predicted octanol–water partition coefficient (Wildman–Crippen LogP) is -0.558. The van der Waals surface area contributed by atoms with Gasteiger partial charge in [0.2, 0.25) is 5.91 Å². The van der Waals surface area contributed by atoms with Crippen molar-refractivity contribution in [1.29, 1.82) is 0 Å². The zero-order chi connectivity index (χ0) is 13.1. The standard InChI is InChI=1S/C11H19N5O2/c1-3-8-13-9(15-14-8)6-16-4-5-18-7(2)10(16)11(12)17/h7,10H,3-6H2,1-2H3,(H2,12,17)(H,13,14,15)/t7-,10+/m1/s1. The third kappa shape index (κ3) is 2.68. The first-order valence-electron chi connectivity index (χ1n) is 6.17. The average molecular weight is 253 g/mol. The van der Waals surface area contributed by atoms with E-state index in [2.05, 4.69) is 15.2 Å². The van der Waals surface area contributed by atoms with Gasteiger partial charge in [0.25, 0.3) is 0 Å². The molecule has 1 aliphatic heterocycles. The Morgan fingerprint density at radius 3 is 3.06 bits per heavy atom. The molecule has 18 heavy (non-hydrogen) atoms. The molecule has 1 saturated heterocycles. The lowest BCUT2D eigenvalue weighted by molar-refractivity contribution is -0.136. The number of hydrogen-bond donors (Lipinski definition) is 2. The first-order chi connectivity index (χ1) is 8.61. The molecule has 2 atom stereocenters. The maximum Gasteiger partial charge on any atom is 0.237 e. The molecule has 100 valence electrons. The van der Waals surface area contributed by atoms with E-state index in [1.165, 1.54) is 0 Å². The third-order valence-corrected chi connectivity index (χ3v) is 3.14. The molecular weight excluding hydrogens is 234 g/mol. The maximum absolute atomic E-state index is 11.5. The number of carbonyl (C=O) groups is 1. The Balaban J connectivity index is 2.08. The molecule has 0 spiro atoms. The number of rotatable bonds is 4. The number of nitrogens with two attached hydrogens (primary N) is 1. The number of primary amides is 1. The van der Waals surface area contributed by atoms with E-state index < -0.39 is 6.04 Å². The molecule has 0 radical (unpaired) electrons. The number of nitrogens with one attached hydrogen (secondary N) is 1. The van der Waals surface area contributed by atoms with Crippen LogP contribution >= 0.6 is 0 Å². The molecule has 1 aromatic heterocycles. The lowest BCUT2D eigenvalue weighted by atomic mass is 10.1. The Hall–Kier alpha value is -1.47. The Bertz CT molecular complexity index is 419. The van der Waals surface area contributed by atoms with Crippen LogP contribution < -0.4 is 5.73 Å². The molecule has 2 heterocycles. The van der Waals surface area contributed by atoms with E-state index in [0.717, 1.165) is 18.1 Å². The number of nitrogens with zero attached hydrogens (tertiary/aromatic N) is 3. The molecule has 1 aliphatic rings. The highest BCUT2D eigenvalue weighted by atomic mass is 16.5. The van der Waals surface area contributed by atoms with Crippen LogP contribution in [0.15, 0.2) is 0 Å².